The smallest absolute Gasteiger partial charge is 0.249 e. The van der Waals surface area contributed by atoms with E-state index in [2.05, 4.69) is 15.3 Å². The maximum absolute atomic E-state index is 12.1. The Kier molecular flexibility index (Phi) is 4.41. The molecule has 0 fully saturated rings. The van der Waals surface area contributed by atoms with E-state index >= 15 is 0 Å². The Bertz CT molecular complexity index is 1110. The number of H-pyrrole nitrogens is 1. The van der Waals surface area contributed by atoms with Gasteiger partial charge in [-0.05, 0) is 29.8 Å². The predicted octanol–water partition coefficient (Wildman–Crippen LogP) is 4.33. The second kappa shape index (κ2) is 7.17. The first-order valence-corrected chi connectivity index (χ1v) is 8.57. The Hall–Kier alpha value is -3.86. The summed E-state index contributed by atoms with van der Waals surface area (Å²) in [7, 11) is 0. The second-order valence-corrected chi connectivity index (χ2v) is 6.11. The normalized spacial score (nSPS) is 11.5. The third kappa shape index (κ3) is 3.43. The number of aromatic nitrogens is 2. The molecule has 2 heterocycles. The van der Waals surface area contributed by atoms with Crippen LogP contribution in [0.1, 0.15) is 11.1 Å². The molecule has 0 saturated heterocycles. The number of primary amides is 1. The Morgan fingerprint density at radius 3 is 2.41 bits per heavy atom. The van der Waals surface area contributed by atoms with E-state index in [0.717, 1.165) is 33.5 Å². The Balaban J connectivity index is 1.83. The van der Waals surface area contributed by atoms with Crippen molar-refractivity contribution >= 4 is 40.0 Å². The largest absolute Gasteiger partial charge is 0.366 e. The number of carbonyl (C=O) groups is 1. The van der Waals surface area contributed by atoms with Gasteiger partial charge in [0.2, 0.25) is 5.91 Å². The van der Waals surface area contributed by atoms with E-state index in [1.165, 1.54) is 0 Å². The van der Waals surface area contributed by atoms with Gasteiger partial charge in [-0.1, -0.05) is 48.5 Å². The number of hydrogen-bond acceptors (Lipinski definition) is 3. The highest BCUT2D eigenvalue weighted by Crippen LogP contribution is 2.30. The predicted molar refractivity (Wildman–Crippen MR) is 109 cm³/mol. The van der Waals surface area contributed by atoms with E-state index < -0.39 is 5.91 Å². The first-order chi connectivity index (χ1) is 13.2. The standard InChI is InChI=1S/C22H18N4O/c23-21(27)18(15-7-3-1-4-8-15)13-16-14-25-22-20(16)19(11-12-24-22)26-17-9-5-2-6-10-17/h1-14H,(H2,23,27)(H2,24,25,26)/b18-13+. The number of aromatic amines is 1. The Morgan fingerprint density at radius 1 is 1.00 bits per heavy atom. The van der Waals surface area contributed by atoms with Crippen LogP contribution in [-0.4, -0.2) is 15.9 Å². The lowest BCUT2D eigenvalue weighted by Crippen LogP contribution is -2.12. The first kappa shape index (κ1) is 16.6. The molecule has 132 valence electrons. The molecule has 1 amide bonds. The Morgan fingerprint density at radius 2 is 1.70 bits per heavy atom. The number of fused-ring (bicyclic) bond motifs is 1. The van der Waals surface area contributed by atoms with Gasteiger partial charge in [-0.3, -0.25) is 4.79 Å². The number of benzene rings is 2. The summed E-state index contributed by atoms with van der Waals surface area (Å²) in [5.41, 5.74) is 10.3. The minimum Gasteiger partial charge on any atom is -0.366 e. The van der Waals surface area contributed by atoms with Crippen molar-refractivity contribution in [2.24, 2.45) is 5.73 Å². The lowest BCUT2D eigenvalue weighted by molar-refractivity contribution is -0.112. The number of hydrogen-bond donors (Lipinski definition) is 3. The fraction of sp³-hybridized carbons (Fsp3) is 0. The van der Waals surface area contributed by atoms with Gasteiger partial charge in [0.1, 0.15) is 5.65 Å². The van der Waals surface area contributed by atoms with Crippen LogP contribution >= 0.6 is 0 Å². The zero-order valence-electron chi connectivity index (χ0n) is 14.5. The number of pyridine rings is 1. The molecule has 4 aromatic rings. The molecule has 2 aromatic carbocycles. The summed E-state index contributed by atoms with van der Waals surface area (Å²) in [5.74, 6) is -0.475. The second-order valence-electron chi connectivity index (χ2n) is 6.11. The van der Waals surface area contributed by atoms with Crippen LogP contribution in [-0.2, 0) is 4.79 Å². The summed E-state index contributed by atoms with van der Waals surface area (Å²) in [6.07, 6.45) is 5.37. The molecule has 0 atom stereocenters. The van der Waals surface area contributed by atoms with Gasteiger partial charge in [0.15, 0.2) is 0 Å². The SMILES string of the molecule is NC(=O)/C(=C/c1c[nH]c2nccc(Nc3ccccc3)c12)c1ccccc1. The van der Waals surface area contributed by atoms with Crippen LogP contribution in [0.5, 0.6) is 0 Å². The minimum atomic E-state index is -0.475. The Labute approximate surface area is 156 Å². The number of anilines is 2. The maximum atomic E-state index is 12.1. The van der Waals surface area contributed by atoms with E-state index in [-0.39, 0.29) is 0 Å². The van der Waals surface area contributed by atoms with E-state index in [1.54, 1.807) is 12.3 Å². The van der Waals surface area contributed by atoms with Gasteiger partial charge in [-0.25, -0.2) is 4.98 Å². The van der Waals surface area contributed by atoms with Gasteiger partial charge in [0.05, 0.1) is 5.69 Å². The number of para-hydroxylation sites is 1. The van der Waals surface area contributed by atoms with Crippen molar-refractivity contribution in [1.29, 1.82) is 0 Å². The van der Waals surface area contributed by atoms with Gasteiger partial charge < -0.3 is 16.0 Å². The maximum Gasteiger partial charge on any atom is 0.249 e. The molecule has 0 saturated carbocycles. The molecule has 0 bridgehead atoms. The minimum absolute atomic E-state index is 0.450. The van der Waals surface area contributed by atoms with Crippen LogP contribution < -0.4 is 11.1 Å². The average Bonchev–Trinajstić information content (AvgIpc) is 3.11. The van der Waals surface area contributed by atoms with Crippen molar-refractivity contribution in [3.63, 3.8) is 0 Å². The zero-order valence-corrected chi connectivity index (χ0v) is 14.5. The molecule has 0 aliphatic rings. The molecule has 5 heteroatoms. The highest BCUT2D eigenvalue weighted by atomic mass is 16.1. The molecular weight excluding hydrogens is 336 g/mol. The van der Waals surface area contributed by atoms with Gasteiger partial charge in [0, 0.05) is 34.6 Å². The molecule has 4 N–H and O–H groups in total. The van der Waals surface area contributed by atoms with E-state index in [9.17, 15) is 4.79 Å². The van der Waals surface area contributed by atoms with E-state index in [4.69, 9.17) is 5.73 Å². The fourth-order valence-corrected chi connectivity index (χ4v) is 3.05. The molecule has 0 radical (unpaired) electrons. The molecule has 4 rings (SSSR count). The van der Waals surface area contributed by atoms with Gasteiger partial charge in [-0.15, -0.1) is 0 Å². The zero-order chi connectivity index (χ0) is 18.6. The summed E-state index contributed by atoms with van der Waals surface area (Å²) in [5, 5.41) is 4.31. The van der Waals surface area contributed by atoms with Crippen molar-refractivity contribution in [3.05, 3.63) is 90.3 Å². The number of carbonyl (C=O) groups excluding carboxylic acids is 1. The molecule has 0 aliphatic carbocycles. The first-order valence-electron chi connectivity index (χ1n) is 8.57. The summed E-state index contributed by atoms with van der Waals surface area (Å²) < 4.78 is 0. The summed E-state index contributed by atoms with van der Waals surface area (Å²) >= 11 is 0. The molecule has 5 nitrogen and oxygen atoms in total. The van der Waals surface area contributed by atoms with Gasteiger partial charge >= 0.3 is 0 Å². The summed E-state index contributed by atoms with van der Waals surface area (Å²) in [6.45, 7) is 0. The average molecular weight is 354 g/mol. The van der Waals surface area contributed by atoms with E-state index in [0.29, 0.717) is 5.57 Å². The molecule has 0 aliphatic heterocycles. The molecule has 0 unspecified atom stereocenters. The van der Waals surface area contributed by atoms with Crippen LogP contribution in [0.2, 0.25) is 0 Å². The number of nitrogens with one attached hydrogen (secondary N) is 2. The molecule has 27 heavy (non-hydrogen) atoms. The molecular formula is C22H18N4O. The van der Waals surface area contributed by atoms with Crippen LogP contribution in [0.15, 0.2) is 79.1 Å². The van der Waals surface area contributed by atoms with Crippen molar-refractivity contribution in [2.45, 2.75) is 0 Å². The van der Waals surface area contributed by atoms with Crippen LogP contribution in [0.25, 0.3) is 22.7 Å². The molecule has 0 spiro atoms. The van der Waals surface area contributed by atoms with E-state index in [1.807, 2.05) is 72.9 Å². The third-order valence-electron chi connectivity index (χ3n) is 4.31. The van der Waals surface area contributed by atoms with Crippen molar-refractivity contribution < 1.29 is 4.79 Å². The van der Waals surface area contributed by atoms with Crippen LogP contribution in [0.4, 0.5) is 11.4 Å². The van der Waals surface area contributed by atoms with Crippen molar-refractivity contribution in [1.82, 2.24) is 9.97 Å². The highest BCUT2D eigenvalue weighted by Gasteiger charge is 2.13. The summed E-state index contributed by atoms with van der Waals surface area (Å²) in [6, 6.07) is 21.2. The lowest BCUT2D eigenvalue weighted by atomic mass is 10.0. The quantitative estimate of drug-likeness (QED) is 0.466. The fourth-order valence-electron chi connectivity index (χ4n) is 3.05. The molecule has 2 aromatic heterocycles. The highest BCUT2D eigenvalue weighted by molar-refractivity contribution is 6.24. The number of amides is 1. The van der Waals surface area contributed by atoms with Crippen molar-refractivity contribution in [3.8, 4) is 0 Å². The topological polar surface area (TPSA) is 83.8 Å². The van der Waals surface area contributed by atoms with Crippen LogP contribution in [0.3, 0.4) is 0 Å². The van der Waals surface area contributed by atoms with Crippen LogP contribution in [0, 0.1) is 0 Å². The number of nitrogens with two attached hydrogens (primary N) is 1. The van der Waals surface area contributed by atoms with Gasteiger partial charge in [-0.2, -0.15) is 0 Å². The lowest BCUT2D eigenvalue weighted by Gasteiger charge is -2.09. The monoisotopic (exact) mass is 354 g/mol. The number of rotatable bonds is 5. The third-order valence-corrected chi connectivity index (χ3v) is 4.31. The van der Waals surface area contributed by atoms with Gasteiger partial charge in [0.25, 0.3) is 0 Å². The van der Waals surface area contributed by atoms with Crippen molar-refractivity contribution in [2.75, 3.05) is 5.32 Å². The summed E-state index contributed by atoms with van der Waals surface area (Å²) in [4.78, 5) is 19.6. The number of nitrogens with zero attached hydrogens (tertiary/aromatic N) is 1.